The summed E-state index contributed by atoms with van der Waals surface area (Å²) >= 11 is 0. The summed E-state index contributed by atoms with van der Waals surface area (Å²) in [6.07, 6.45) is 0.399. The molecular formula is C21H19FN4O2. The second kappa shape index (κ2) is 7.92. The van der Waals surface area contributed by atoms with E-state index >= 15 is 0 Å². The van der Waals surface area contributed by atoms with Crippen LogP contribution in [0.3, 0.4) is 0 Å². The number of anilines is 1. The Morgan fingerprint density at radius 2 is 1.68 bits per heavy atom. The summed E-state index contributed by atoms with van der Waals surface area (Å²) in [5, 5.41) is 12.5. The fourth-order valence-electron chi connectivity index (χ4n) is 3.13. The Kier molecular flexibility index (Phi) is 5.41. The van der Waals surface area contributed by atoms with Crippen molar-refractivity contribution in [1.82, 2.24) is 9.13 Å². The van der Waals surface area contributed by atoms with E-state index in [1.165, 1.54) is 24.7 Å². The Labute approximate surface area is 161 Å². The van der Waals surface area contributed by atoms with Gasteiger partial charge in [0.15, 0.2) is 5.56 Å². The van der Waals surface area contributed by atoms with Crippen LogP contribution >= 0.6 is 0 Å². The van der Waals surface area contributed by atoms with Gasteiger partial charge in [-0.3, -0.25) is 13.9 Å². The van der Waals surface area contributed by atoms with Crippen molar-refractivity contribution < 1.29 is 4.39 Å². The van der Waals surface area contributed by atoms with Crippen molar-refractivity contribution in [2.24, 2.45) is 14.1 Å². The predicted molar refractivity (Wildman–Crippen MR) is 105 cm³/mol. The largest absolute Gasteiger partial charge is 0.363 e. The van der Waals surface area contributed by atoms with Crippen molar-refractivity contribution in [1.29, 1.82) is 5.26 Å². The average Bonchev–Trinajstić information content (AvgIpc) is 2.71. The highest BCUT2D eigenvalue weighted by molar-refractivity contribution is 5.53. The first-order valence-electron chi connectivity index (χ1n) is 8.69. The normalized spacial score (nSPS) is 11.6. The van der Waals surface area contributed by atoms with Crippen molar-refractivity contribution >= 4 is 5.82 Å². The third-order valence-corrected chi connectivity index (χ3v) is 4.65. The lowest BCUT2D eigenvalue weighted by Gasteiger charge is -2.23. The van der Waals surface area contributed by atoms with Gasteiger partial charge in [0.2, 0.25) is 0 Å². The highest BCUT2D eigenvalue weighted by Gasteiger charge is 2.22. The van der Waals surface area contributed by atoms with Gasteiger partial charge in [0.1, 0.15) is 17.7 Å². The molecule has 3 aromatic rings. The van der Waals surface area contributed by atoms with Crippen LogP contribution in [0.5, 0.6) is 0 Å². The van der Waals surface area contributed by atoms with E-state index in [1.807, 2.05) is 36.4 Å². The number of rotatable bonds is 5. The first kappa shape index (κ1) is 19.1. The van der Waals surface area contributed by atoms with Gasteiger partial charge in [0.05, 0.1) is 6.04 Å². The lowest BCUT2D eigenvalue weighted by molar-refractivity contribution is 0.587. The lowest BCUT2D eigenvalue weighted by atomic mass is 9.98. The van der Waals surface area contributed by atoms with E-state index in [0.29, 0.717) is 12.0 Å². The van der Waals surface area contributed by atoms with Gasteiger partial charge in [0, 0.05) is 19.7 Å². The zero-order valence-electron chi connectivity index (χ0n) is 15.5. The molecule has 1 unspecified atom stereocenters. The minimum absolute atomic E-state index is 0.0692. The number of benzene rings is 2. The third-order valence-electron chi connectivity index (χ3n) is 4.65. The van der Waals surface area contributed by atoms with Crippen LogP contribution < -0.4 is 16.6 Å². The van der Waals surface area contributed by atoms with Crippen LogP contribution in [0.15, 0.2) is 64.2 Å². The summed E-state index contributed by atoms with van der Waals surface area (Å²) in [7, 11) is 2.78. The SMILES string of the molecule is Cn1c(NC(Cc2ccccc2)c2ccccc2F)c(C#N)c(=O)n(C)c1=O. The van der Waals surface area contributed by atoms with E-state index in [4.69, 9.17) is 0 Å². The molecule has 0 spiro atoms. The Hall–Kier alpha value is -3.66. The quantitative estimate of drug-likeness (QED) is 0.740. The molecule has 0 aliphatic heterocycles. The second-order valence-electron chi connectivity index (χ2n) is 6.45. The van der Waals surface area contributed by atoms with E-state index in [9.17, 15) is 19.2 Å². The highest BCUT2D eigenvalue weighted by Crippen LogP contribution is 2.26. The van der Waals surface area contributed by atoms with Crippen molar-refractivity contribution in [3.05, 3.63) is 97.9 Å². The first-order valence-corrected chi connectivity index (χ1v) is 8.69. The Bertz CT molecular complexity index is 1160. The van der Waals surface area contributed by atoms with Crippen LogP contribution in [0, 0.1) is 17.1 Å². The molecule has 0 radical (unpaired) electrons. The fraction of sp³-hybridized carbons (Fsp3) is 0.190. The molecule has 0 bridgehead atoms. The molecule has 142 valence electrons. The number of nitrogens with one attached hydrogen (secondary N) is 1. The number of nitrogens with zero attached hydrogens (tertiary/aromatic N) is 3. The average molecular weight is 378 g/mol. The first-order chi connectivity index (χ1) is 13.4. The van der Waals surface area contributed by atoms with Gasteiger partial charge in [0.25, 0.3) is 5.56 Å². The summed E-state index contributed by atoms with van der Waals surface area (Å²) in [5.41, 5.74) is -0.142. The smallest absolute Gasteiger partial charge is 0.332 e. The molecule has 6 nitrogen and oxygen atoms in total. The summed E-state index contributed by atoms with van der Waals surface area (Å²) in [6, 6.07) is 17.0. The standard InChI is InChI=1S/C21H19FN4O2/c1-25-19(16(13-23)20(27)26(2)21(25)28)24-18(12-14-8-4-3-5-9-14)15-10-6-7-11-17(15)22/h3-11,18,24H,12H2,1-2H3. The lowest BCUT2D eigenvalue weighted by Crippen LogP contribution is -2.40. The van der Waals surface area contributed by atoms with Gasteiger partial charge in [-0.2, -0.15) is 5.26 Å². The van der Waals surface area contributed by atoms with Crippen LogP contribution in [0.1, 0.15) is 22.7 Å². The molecule has 7 heteroatoms. The summed E-state index contributed by atoms with van der Waals surface area (Å²) < 4.78 is 16.6. The van der Waals surface area contributed by atoms with Crippen LogP contribution in [-0.4, -0.2) is 9.13 Å². The topological polar surface area (TPSA) is 79.8 Å². The van der Waals surface area contributed by atoms with E-state index in [2.05, 4.69) is 5.32 Å². The minimum Gasteiger partial charge on any atom is -0.363 e. The molecule has 0 aliphatic carbocycles. The number of nitriles is 1. The van der Waals surface area contributed by atoms with Crippen molar-refractivity contribution in [2.45, 2.75) is 12.5 Å². The highest BCUT2D eigenvalue weighted by atomic mass is 19.1. The van der Waals surface area contributed by atoms with E-state index in [1.54, 1.807) is 18.2 Å². The second-order valence-corrected chi connectivity index (χ2v) is 6.45. The molecule has 1 heterocycles. The molecular weight excluding hydrogens is 359 g/mol. The van der Waals surface area contributed by atoms with Gasteiger partial charge in [-0.25, -0.2) is 9.18 Å². The maximum atomic E-state index is 14.5. The van der Waals surface area contributed by atoms with E-state index in [0.717, 1.165) is 10.1 Å². The molecule has 1 N–H and O–H groups in total. The van der Waals surface area contributed by atoms with Gasteiger partial charge >= 0.3 is 5.69 Å². The van der Waals surface area contributed by atoms with Crippen LogP contribution in [0.4, 0.5) is 10.2 Å². The fourth-order valence-corrected chi connectivity index (χ4v) is 3.13. The van der Waals surface area contributed by atoms with Crippen LogP contribution in [0.2, 0.25) is 0 Å². The van der Waals surface area contributed by atoms with Gasteiger partial charge in [-0.05, 0) is 18.1 Å². The third kappa shape index (κ3) is 3.58. The van der Waals surface area contributed by atoms with Gasteiger partial charge < -0.3 is 5.32 Å². The molecule has 3 rings (SSSR count). The number of hydrogen-bond donors (Lipinski definition) is 1. The molecule has 0 saturated heterocycles. The molecule has 0 aliphatic rings. The summed E-state index contributed by atoms with van der Waals surface area (Å²) in [6.45, 7) is 0. The molecule has 2 aromatic carbocycles. The number of halogens is 1. The number of aromatic nitrogens is 2. The Morgan fingerprint density at radius 1 is 1.04 bits per heavy atom. The Balaban J connectivity index is 2.14. The van der Waals surface area contributed by atoms with Gasteiger partial charge in [-0.15, -0.1) is 0 Å². The van der Waals surface area contributed by atoms with Crippen LogP contribution in [0.25, 0.3) is 0 Å². The zero-order valence-corrected chi connectivity index (χ0v) is 15.5. The van der Waals surface area contributed by atoms with E-state index in [-0.39, 0.29) is 11.4 Å². The van der Waals surface area contributed by atoms with Crippen LogP contribution in [-0.2, 0) is 20.5 Å². The monoisotopic (exact) mass is 378 g/mol. The molecule has 1 aromatic heterocycles. The van der Waals surface area contributed by atoms with Gasteiger partial charge in [-0.1, -0.05) is 48.5 Å². The molecule has 0 fully saturated rings. The van der Waals surface area contributed by atoms with Crippen molar-refractivity contribution in [3.8, 4) is 6.07 Å². The molecule has 1 atom stereocenters. The van der Waals surface area contributed by atoms with Crippen molar-refractivity contribution in [2.75, 3.05) is 5.32 Å². The summed E-state index contributed by atoms with van der Waals surface area (Å²) in [5.74, 6) is -0.344. The predicted octanol–water partition coefficient (Wildman–Crippen LogP) is 2.49. The number of hydrogen-bond acceptors (Lipinski definition) is 4. The minimum atomic E-state index is -0.694. The maximum Gasteiger partial charge on any atom is 0.332 e. The molecule has 28 heavy (non-hydrogen) atoms. The maximum absolute atomic E-state index is 14.5. The Morgan fingerprint density at radius 3 is 2.32 bits per heavy atom. The van der Waals surface area contributed by atoms with Crippen molar-refractivity contribution in [3.63, 3.8) is 0 Å². The summed E-state index contributed by atoms with van der Waals surface area (Å²) in [4.78, 5) is 24.7. The molecule has 0 saturated carbocycles. The zero-order chi connectivity index (χ0) is 20.3. The van der Waals surface area contributed by atoms with E-state index < -0.39 is 23.1 Å². The molecule has 0 amide bonds.